The minimum absolute atomic E-state index is 0.109. The van der Waals surface area contributed by atoms with Gasteiger partial charge in [-0.3, -0.25) is 4.72 Å². The summed E-state index contributed by atoms with van der Waals surface area (Å²) in [4.78, 5) is -0.793. The number of nitrogens with zero attached hydrogens (tertiary/aromatic N) is 1. The maximum absolute atomic E-state index is 13.5. The lowest BCUT2D eigenvalue weighted by molar-refractivity contribution is 0.555. The van der Waals surface area contributed by atoms with E-state index in [2.05, 4.69) is 20.7 Å². The van der Waals surface area contributed by atoms with Gasteiger partial charge in [-0.05, 0) is 52.3 Å². The molecule has 2 aromatic rings. The van der Waals surface area contributed by atoms with Crippen molar-refractivity contribution >= 4 is 31.6 Å². The van der Waals surface area contributed by atoms with Crippen molar-refractivity contribution in [1.82, 2.24) is 0 Å². The smallest absolute Gasteiger partial charge is 0.264 e. The highest BCUT2D eigenvalue weighted by Crippen LogP contribution is 2.27. The van der Waals surface area contributed by atoms with Gasteiger partial charge < -0.3 is 0 Å². The summed E-state index contributed by atoms with van der Waals surface area (Å²) in [5.41, 5.74) is 0.430. The number of nitrogens with one attached hydrogen (secondary N) is 1. The molecule has 21 heavy (non-hydrogen) atoms. The topological polar surface area (TPSA) is 70.0 Å². The van der Waals surface area contributed by atoms with Gasteiger partial charge in [-0.2, -0.15) is 5.26 Å². The van der Waals surface area contributed by atoms with E-state index in [1.807, 2.05) is 6.07 Å². The number of sulfonamides is 1. The number of hydrogen-bond donors (Lipinski definition) is 1. The monoisotopic (exact) mass is 372 g/mol. The summed E-state index contributed by atoms with van der Waals surface area (Å²) >= 11 is 3.10. The molecule has 2 aromatic carbocycles. The third kappa shape index (κ3) is 3.37. The van der Waals surface area contributed by atoms with Gasteiger partial charge in [-0.25, -0.2) is 17.2 Å². The summed E-state index contributed by atoms with van der Waals surface area (Å²) in [7, 11) is -4.29. The van der Waals surface area contributed by atoms with Crippen LogP contribution in [0, 0.1) is 23.0 Å². The van der Waals surface area contributed by atoms with Crippen LogP contribution in [0.15, 0.2) is 45.8 Å². The van der Waals surface area contributed by atoms with Gasteiger partial charge in [0.2, 0.25) is 0 Å². The van der Waals surface area contributed by atoms with Gasteiger partial charge >= 0.3 is 0 Å². The van der Waals surface area contributed by atoms with Crippen LogP contribution in [-0.4, -0.2) is 8.42 Å². The molecular weight excluding hydrogens is 366 g/mol. The van der Waals surface area contributed by atoms with Crippen LogP contribution in [0.4, 0.5) is 14.5 Å². The lowest BCUT2D eigenvalue weighted by Gasteiger charge is -2.10. The molecule has 8 heteroatoms. The average Bonchev–Trinajstić information content (AvgIpc) is 2.43. The molecule has 0 aliphatic heterocycles. The Morgan fingerprint density at radius 2 is 1.86 bits per heavy atom. The molecule has 0 saturated heterocycles. The number of halogens is 3. The summed E-state index contributed by atoms with van der Waals surface area (Å²) in [6, 6.07) is 8.18. The Bertz CT molecular complexity index is 848. The molecule has 0 spiro atoms. The van der Waals surface area contributed by atoms with Crippen LogP contribution in [0.2, 0.25) is 0 Å². The van der Waals surface area contributed by atoms with Gasteiger partial charge in [0.15, 0.2) is 0 Å². The van der Waals surface area contributed by atoms with Gasteiger partial charge in [-0.15, -0.1) is 0 Å². The summed E-state index contributed by atoms with van der Waals surface area (Å²) in [5, 5.41) is 8.73. The van der Waals surface area contributed by atoms with E-state index in [0.717, 1.165) is 12.1 Å². The predicted molar refractivity (Wildman–Crippen MR) is 76.0 cm³/mol. The Morgan fingerprint density at radius 3 is 2.48 bits per heavy atom. The molecule has 2 rings (SSSR count). The number of nitriles is 1. The van der Waals surface area contributed by atoms with Gasteiger partial charge in [0, 0.05) is 4.47 Å². The average molecular weight is 373 g/mol. The number of rotatable bonds is 3. The normalized spacial score (nSPS) is 11.0. The van der Waals surface area contributed by atoms with Crippen LogP contribution < -0.4 is 4.72 Å². The van der Waals surface area contributed by atoms with Crippen LogP contribution in [-0.2, 0) is 10.0 Å². The molecule has 0 aliphatic rings. The van der Waals surface area contributed by atoms with E-state index in [0.29, 0.717) is 16.1 Å². The Labute approximate surface area is 128 Å². The van der Waals surface area contributed by atoms with Crippen LogP contribution in [0.25, 0.3) is 0 Å². The molecular formula is C13H7BrF2N2O2S. The van der Waals surface area contributed by atoms with E-state index in [1.165, 1.54) is 18.2 Å². The van der Waals surface area contributed by atoms with Crippen molar-refractivity contribution in [2.45, 2.75) is 4.90 Å². The fraction of sp³-hybridized carbons (Fsp3) is 0. The van der Waals surface area contributed by atoms with E-state index >= 15 is 0 Å². The second-order valence-corrected chi connectivity index (χ2v) is 6.49. The van der Waals surface area contributed by atoms with Crippen molar-refractivity contribution in [2.24, 2.45) is 0 Å². The molecule has 0 amide bonds. The first kappa shape index (κ1) is 15.4. The standard InChI is InChI=1S/C13H7BrF2N2O2S/c14-10-5-8(7-17)1-4-12(10)18-21(19,20)13-6-9(15)2-3-11(13)16/h1-6,18H. The molecule has 4 nitrogen and oxygen atoms in total. The molecule has 0 aliphatic carbocycles. The summed E-state index contributed by atoms with van der Waals surface area (Å²) in [6.07, 6.45) is 0. The van der Waals surface area contributed by atoms with Crippen LogP contribution in [0.1, 0.15) is 5.56 Å². The first-order valence-corrected chi connectivity index (χ1v) is 7.78. The zero-order chi connectivity index (χ0) is 15.6. The Balaban J connectivity index is 2.43. The Hall–Kier alpha value is -1.98. The largest absolute Gasteiger partial charge is 0.278 e. The molecule has 108 valence electrons. The molecule has 1 N–H and O–H groups in total. The van der Waals surface area contributed by atoms with Crippen molar-refractivity contribution in [3.63, 3.8) is 0 Å². The van der Waals surface area contributed by atoms with Crippen molar-refractivity contribution in [2.75, 3.05) is 4.72 Å². The van der Waals surface area contributed by atoms with Gasteiger partial charge in [-0.1, -0.05) is 0 Å². The molecule has 0 saturated carbocycles. The maximum Gasteiger partial charge on any atom is 0.264 e. The second kappa shape index (κ2) is 5.79. The predicted octanol–water partition coefficient (Wildman–Crippen LogP) is 3.40. The summed E-state index contributed by atoms with van der Waals surface area (Å²) < 4.78 is 53.2. The highest BCUT2D eigenvalue weighted by Gasteiger charge is 2.21. The highest BCUT2D eigenvalue weighted by atomic mass is 79.9. The zero-order valence-corrected chi connectivity index (χ0v) is 12.7. The van der Waals surface area contributed by atoms with Crippen molar-refractivity contribution in [3.05, 3.63) is 58.1 Å². The van der Waals surface area contributed by atoms with Crippen LogP contribution >= 0.6 is 15.9 Å². The number of benzene rings is 2. The fourth-order valence-corrected chi connectivity index (χ4v) is 3.33. The van der Waals surface area contributed by atoms with Crippen LogP contribution in [0.5, 0.6) is 0 Å². The van der Waals surface area contributed by atoms with Crippen LogP contribution in [0.3, 0.4) is 0 Å². The summed E-state index contributed by atoms with van der Waals surface area (Å²) in [5.74, 6) is -1.93. The molecule has 0 unspecified atom stereocenters. The SMILES string of the molecule is N#Cc1ccc(NS(=O)(=O)c2cc(F)ccc2F)c(Br)c1. The fourth-order valence-electron chi connectivity index (χ4n) is 1.55. The number of hydrogen-bond acceptors (Lipinski definition) is 3. The van der Waals surface area contributed by atoms with E-state index in [-0.39, 0.29) is 5.69 Å². The van der Waals surface area contributed by atoms with Gasteiger partial charge in [0.05, 0.1) is 17.3 Å². The highest BCUT2D eigenvalue weighted by molar-refractivity contribution is 9.10. The van der Waals surface area contributed by atoms with E-state index in [4.69, 9.17) is 5.26 Å². The lowest BCUT2D eigenvalue weighted by Crippen LogP contribution is -2.15. The van der Waals surface area contributed by atoms with Crippen molar-refractivity contribution in [1.29, 1.82) is 5.26 Å². The first-order valence-electron chi connectivity index (χ1n) is 5.51. The van der Waals surface area contributed by atoms with E-state index in [9.17, 15) is 17.2 Å². The van der Waals surface area contributed by atoms with Gasteiger partial charge in [0.1, 0.15) is 16.5 Å². The minimum atomic E-state index is -4.29. The van der Waals surface area contributed by atoms with E-state index < -0.39 is 26.6 Å². The van der Waals surface area contributed by atoms with E-state index in [1.54, 1.807) is 0 Å². The maximum atomic E-state index is 13.5. The molecule has 0 fully saturated rings. The molecule has 0 aromatic heterocycles. The molecule has 0 atom stereocenters. The Kier molecular flexibility index (Phi) is 4.25. The number of anilines is 1. The third-order valence-corrected chi connectivity index (χ3v) is 4.56. The molecule has 0 bridgehead atoms. The van der Waals surface area contributed by atoms with Crippen molar-refractivity contribution < 1.29 is 17.2 Å². The van der Waals surface area contributed by atoms with Gasteiger partial charge in [0.25, 0.3) is 10.0 Å². The first-order chi connectivity index (χ1) is 9.83. The zero-order valence-electron chi connectivity index (χ0n) is 10.3. The Morgan fingerprint density at radius 1 is 1.14 bits per heavy atom. The lowest BCUT2D eigenvalue weighted by atomic mass is 10.2. The second-order valence-electron chi connectivity index (χ2n) is 3.99. The minimum Gasteiger partial charge on any atom is -0.278 e. The van der Waals surface area contributed by atoms with Crippen molar-refractivity contribution in [3.8, 4) is 6.07 Å². The summed E-state index contributed by atoms with van der Waals surface area (Å²) in [6.45, 7) is 0. The molecule has 0 heterocycles. The third-order valence-electron chi connectivity index (χ3n) is 2.53. The quantitative estimate of drug-likeness (QED) is 0.897. The molecule has 0 radical (unpaired) electrons.